The highest BCUT2D eigenvalue weighted by Gasteiger charge is 2.13. The van der Waals surface area contributed by atoms with E-state index < -0.39 is 0 Å². The van der Waals surface area contributed by atoms with Crippen molar-refractivity contribution in [1.29, 1.82) is 0 Å². The lowest BCUT2D eigenvalue weighted by atomic mass is 9.98. The predicted octanol–water partition coefficient (Wildman–Crippen LogP) is 3.84. The highest BCUT2D eigenvalue weighted by molar-refractivity contribution is 9.10. The van der Waals surface area contributed by atoms with Crippen LogP contribution >= 0.6 is 28.1 Å². The van der Waals surface area contributed by atoms with E-state index in [1.165, 1.54) is 32.1 Å². The van der Waals surface area contributed by atoms with E-state index in [-0.39, 0.29) is 0 Å². The molecule has 20 heavy (non-hydrogen) atoms. The largest absolute Gasteiger partial charge is 0.389 e. The van der Waals surface area contributed by atoms with Gasteiger partial charge in [0.25, 0.3) is 0 Å². The van der Waals surface area contributed by atoms with E-state index in [1.807, 2.05) is 18.2 Å². The molecular weight excluding hydrogens is 336 g/mol. The number of benzene rings is 1. The molecule has 0 radical (unpaired) electrons. The zero-order valence-electron chi connectivity index (χ0n) is 11.5. The highest BCUT2D eigenvalue weighted by Crippen LogP contribution is 2.22. The molecule has 1 aliphatic rings. The van der Waals surface area contributed by atoms with Crippen molar-refractivity contribution >= 4 is 38.8 Å². The first-order chi connectivity index (χ1) is 9.66. The van der Waals surface area contributed by atoms with Crippen LogP contribution in [0.15, 0.2) is 22.7 Å². The maximum atomic E-state index is 5.90. The Labute approximate surface area is 134 Å². The monoisotopic (exact) mass is 356 g/mol. The molecule has 0 heterocycles. The smallest absolute Gasteiger partial charge is 0.106 e. The Hall–Kier alpha value is -0.650. The number of nitrogens with one attached hydrogen (secondary N) is 1. The predicted molar refractivity (Wildman–Crippen MR) is 91.3 cm³/mol. The zero-order valence-corrected chi connectivity index (χ0v) is 13.9. The van der Waals surface area contributed by atoms with Crippen LogP contribution in [0.2, 0.25) is 0 Å². The van der Waals surface area contributed by atoms with Gasteiger partial charge in [0.2, 0.25) is 0 Å². The zero-order chi connectivity index (χ0) is 14.4. The normalized spacial score (nSPS) is 16.1. The van der Waals surface area contributed by atoms with E-state index in [0.717, 1.165) is 22.3 Å². The molecule has 1 aromatic rings. The molecule has 0 unspecified atom stereocenters. The van der Waals surface area contributed by atoms with Crippen molar-refractivity contribution in [3.05, 3.63) is 28.2 Å². The summed E-state index contributed by atoms with van der Waals surface area (Å²) in [6.07, 6.45) is 6.81. The summed E-state index contributed by atoms with van der Waals surface area (Å²) in [4.78, 5) is 0.410. The molecule has 0 aliphatic heterocycles. The molecule has 0 atom stereocenters. The Kier molecular flexibility index (Phi) is 6.26. The number of rotatable bonds is 6. The average molecular weight is 357 g/mol. The van der Waals surface area contributed by atoms with Gasteiger partial charge in [0.1, 0.15) is 4.99 Å². The molecule has 0 amide bonds. The van der Waals surface area contributed by atoms with Gasteiger partial charge < -0.3 is 15.8 Å². The minimum absolute atomic E-state index is 0.410. The molecule has 0 bridgehead atoms. The first-order valence-electron chi connectivity index (χ1n) is 7.11. The van der Waals surface area contributed by atoms with Gasteiger partial charge in [0.05, 0.1) is 12.7 Å². The van der Waals surface area contributed by atoms with Gasteiger partial charge in [0.15, 0.2) is 0 Å². The first-order valence-corrected chi connectivity index (χ1v) is 8.32. The van der Waals surface area contributed by atoms with E-state index in [1.54, 1.807) is 0 Å². The number of thiocarbonyl (C=S) groups is 1. The third kappa shape index (κ3) is 4.72. The number of hydrogen-bond acceptors (Lipinski definition) is 3. The van der Waals surface area contributed by atoms with Crippen LogP contribution in [0.4, 0.5) is 5.69 Å². The Morgan fingerprint density at radius 3 is 2.80 bits per heavy atom. The summed E-state index contributed by atoms with van der Waals surface area (Å²) in [5, 5.41) is 3.35. The van der Waals surface area contributed by atoms with Gasteiger partial charge in [-0.05, 0) is 31.0 Å². The van der Waals surface area contributed by atoms with Gasteiger partial charge >= 0.3 is 0 Å². The summed E-state index contributed by atoms with van der Waals surface area (Å²) in [6.45, 7) is 1.48. The van der Waals surface area contributed by atoms with Crippen LogP contribution in [0.1, 0.15) is 37.7 Å². The SMILES string of the molecule is NC(=S)c1ccc(Br)cc1NCCOC1CCCCC1. The third-order valence-electron chi connectivity index (χ3n) is 3.57. The summed E-state index contributed by atoms with van der Waals surface area (Å²) < 4.78 is 6.90. The topological polar surface area (TPSA) is 47.3 Å². The molecule has 1 aromatic carbocycles. The van der Waals surface area contributed by atoms with Crippen molar-refractivity contribution in [2.45, 2.75) is 38.2 Å². The average Bonchev–Trinajstić information content (AvgIpc) is 2.44. The summed E-state index contributed by atoms with van der Waals surface area (Å²) in [7, 11) is 0. The fourth-order valence-electron chi connectivity index (χ4n) is 2.52. The van der Waals surface area contributed by atoms with Crippen LogP contribution in [0.3, 0.4) is 0 Å². The Morgan fingerprint density at radius 1 is 1.35 bits per heavy atom. The second kappa shape index (κ2) is 7.96. The molecule has 1 fully saturated rings. The second-order valence-electron chi connectivity index (χ2n) is 5.11. The van der Waals surface area contributed by atoms with Crippen molar-refractivity contribution in [3.63, 3.8) is 0 Å². The first kappa shape index (κ1) is 15.7. The van der Waals surface area contributed by atoms with Crippen LogP contribution in [0.5, 0.6) is 0 Å². The van der Waals surface area contributed by atoms with Crippen LogP contribution < -0.4 is 11.1 Å². The molecule has 110 valence electrons. The molecule has 0 aromatic heterocycles. The molecule has 1 saturated carbocycles. The van der Waals surface area contributed by atoms with E-state index in [4.69, 9.17) is 22.7 Å². The molecular formula is C15H21BrN2OS. The lowest BCUT2D eigenvalue weighted by molar-refractivity contribution is 0.0347. The number of nitrogens with two attached hydrogens (primary N) is 1. The standard InChI is InChI=1S/C15H21BrN2OS/c16-11-6-7-13(15(17)20)14(10-11)18-8-9-19-12-4-2-1-3-5-12/h6-7,10,12,18H,1-5,8-9H2,(H2,17,20). The van der Waals surface area contributed by atoms with Crippen LogP contribution in [-0.4, -0.2) is 24.2 Å². The van der Waals surface area contributed by atoms with E-state index in [2.05, 4.69) is 21.2 Å². The highest BCUT2D eigenvalue weighted by atomic mass is 79.9. The van der Waals surface area contributed by atoms with Gasteiger partial charge in [-0.15, -0.1) is 0 Å². The minimum atomic E-state index is 0.410. The lowest BCUT2D eigenvalue weighted by Gasteiger charge is -2.22. The Bertz CT molecular complexity index is 461. The lowest BCUT2D eigenvalue weighted by Crippen LogP contribution is -2.21. The molecule has 1 aliphatic carbocycles. The Morgan fingerprint density at radius 2 is 2.10 bits per heavy atom. The van der Waals surface area contributed by atoms with E-state index in [9.17, 15) is 0 Å². The minimum Gasteiger partial charge on any atom is -0.389 e. The van der Waals surface area contributed by atoms with Crippen molar-refractivity contribution in [1.82, 2.24) is 0 Å². The van der Waals surface area contributed by atoms with Gasteiger partial charge in [-0.3, -0.25) is 0 Å². The summed E-state index contributed by atoms with van der Waals surface area (Å²) in [5.41, 5.74) is 7.56. The van der Waals surface area contributed by atoms with E-state index >= 15 is 0 Å². The molecule has 3 N–H and O–H groups in total. The van der Waals surface area contributed by atoms with Crippen molar-refractivity contribution in [2.24, 2.45) is 5.73 Å². The van der Waals surface area contributed by atoms with Gasteiger partial charge in [0, 0.05) is 22.3 Å². The van der Waals surface area contributed by atoms with Crippen molar-refractivity contribution in [2.75, 3.05) is 18.5 Å². The maximum Gasteiger partial charge on any atom is 0.106 e. The number of anilines is 1. The summed E-state index contributed by atoms with van der Waals surface area (Å²) in [6, 6.07) is 5.87. The van der Waals surface area contributed by atoms with Crippen molar-refractivity contribution < 1.29 is 4.74 Å². The summed E-state index contributed by atoms with van der Waals surface area (Å²) in [5.74, 6) is 0. The summed E-state index contributed by atoms with van der Waals surface area (Å²) >= 11 is 8.53. The van der Waals surface area contributed by atoms with Crippen LogP contribution in [0, 0.1) is 0 Å². The fraction of sp³-hybridized carbons (Fsp3) is 0.533. The second-order valence-corrected chi connectivity index (χ2v) is 6.47. The quantitative estimate of drug-likeness (QED) is 0.600. The molecule has 5 heteroatoms. The Balaban J connectivity index is 1.81. The number of ether oxygens (including phenoxy) is 1. The van der Waals surface area contributed by atoms with Gasteiger partial charge in [-0.2, -0.15) is 0 Å². The third-order valence-corrected chi connectivity index (χ3v) is 4.28. The molecule has 0 saturated heterocycles. The fourth-order valence-corrected chi connectivity index (χ4v) is 3.06. The molecule has 0 spiro atoms. The molecule has 3 nitrogen and oxygen atoms in total. The van der Waals surface area contributed by atoms with Crippen LogP contribution in [-0.2, 0) is 4.74 Å². The van der Waals surface area contributed by atoms with Crippen molar-refractivity contribution in [3.8, 4) is 0 Å². The maximum absolute atomic E-state index is 5.90. The van der Waals surface area contributed by atoms with Gasteiger partial charge in [-0.1, -0.05) is 47.4 Å². The number of hydrogen-bond donors (Lipinski definition) is 2. The molecule has 2 rings (SSSR count). The van der Waals surface area contributed by atoms with Gasteiger partial charge in [-0.25, -0.2) is 0 Å². The van der Waals surface area contributed by atoms with E-state index in [0.29, 0.717) is 17.7 Å². The number of halogens is 1. The van der Waals surface area contributed by atoms with Crippen LogP contribution in [0.25, 0.3) is 0 Å².